The summed E-state index contributed by atoms with van der Waals surface area (Å²) in [5.74, 6) is 0.712. The Bertz CT molecular complexity index is 792. The quantitative estimate of drug-likeness (QED) is 0.874. The van der Waals surface area contributed by atoms with Crippen LogP contribution in [0.1, 0.15) is 16.5 Å². The summed E-state index contributed by atoms with van der Waals surface area (Å²) >= 11 is 1.31. The number of ether oxygens (including phenoxy) is 1. The molecule has 1 aromatic heterocycles. The number of hydrogen-bond acceptors (Lipinski definition) is 5. The van der Waals surface area contributed by atoms with Crippen molar-refractivity contribution in [3.05, 3.63) is 46.8 Å². The lowest BCUT2D eigenvalue weighted by Gasteiger charge is -2.35. The van der Waals surface area contributed by atoms with E-state index in [9.17, 15) is 8.42 Å². The minimum Gasteiger partial charge on any atom is -0.496 e. The van der Waals surface area contributed by atoms with Gasteiger partial charge in [-0.05, 0) is 25.1 Å². The Hall–Kier alpha value is -1.12. The molecule has 5 nitrogen and oxygen atoms in total. The number of methoxy groups -OCH3 is 1. The molecule has 0 spiro atoms. The van der Waals surface area contributed by atoms with E-state index >= 15 is 0 Å². The summed E-state index contributed by atoms with van der Waals surface area (Å²) in [6.45, 7) is 3.58. The van der Waals surface area contributed by atoms with Crippen molar-refractivity contribution in [2.75, 3.05) is 26.7 Å². The smallest absolute Gasteiger partial charge is 0.253 e. The molecule has 24 heavy (non-hydrogen) atoms. The molecule has 0 bridgehead atoms. The molecule has 1 N–H and O–H groups in total. The van der Waals surface area contributed by atoms with Crippen LogP contribution in [0.5, 0.6) is 5.75 Å². The average Bonchev–Trinajstić information content (AvgIpc) is 3.02. The van der Waals surface area contributed by atoms with Gasteiger partial charge in [-0.3, -0.25) is 0 Å². The number of benzene rings is 1. The zero-order chi connectivity index (χ0) is 16.4. The van der Waals surface area contributed by atoms with Crippen LogP contribution in [0.2, 0.25) is 0 Å². The van der Waals surface area contributed by atoms with Gasteiger partial charge in [0.25, 0.3) is 10.0 Å². The topological polar surface area (TPSA) is 58.6 Å². The lowest BCUT2D eigenvalue weighted by atomic mass is 10.0. The van der Waals surface area contributed by atoms with Gasteiger partial charge in [0.15, 0.2) is 0 Å². The Balaban J connectivity index is 0.00000208. The van der Waals surface area contributed by atoms with Crippen molar-refractivity contribution < 1.29 is 13.2 Å². The van der Waals surface area contributed by atoms with Gasteiger partial charge in [0.05, 0.1) is 13.2 Å². The lowest BCUT2D eigenvalue weighted by Crippen LogP contribution is -2.48. The van der Waals surface area contributed by atoms with Crippen molar-refractivity contribution in [1.29, 1.82) is 0 Å². The molecule has 132 valence electrons. The van der Waals surface area contributed by atoms with Crippen LogP contribution in [0, 0.1) is 6.92 Å². The fraction of sp³-hybridized carbons (Fsp3) is 0.375. The zero-order valence-corrected chi connectivity index (χ0v) is 16.0. The molecule has 1 aliphatic heterocycles. The van der Waals surface area contributed by atoms with E-state index in [0.717, 1.165) is 10.4 Å². The van der Waals surface area contributed by atoms with Gasteiger partial charge in [-0.2, -0.15) is 4.31 Å². The van der Waals surface area contributed by atoms with Crippen LogP contribution >= 0.6 is 23.7 Å². The summed E-state index contributed by atoms with van der Waals surface area (Å²) in [6.07, 6.45) is 0. The molecule has 8 heteroatoms. The van der Waals surface area contributed by atoms with Crippen LogP contribution < -0.4 is 10.1 Å². The third-order valence-corrected chi connectivity index (χ3v) is 7.35. The third kappa shape index (κ3) is 3.60. The number of hydrogen-bond donors (Lipinski definition) is 1. The van der Waals surface area contributed by atoms with Gasteiger partial charge in [-0.15, -0.1) is 23.7 Å². The highest BCUT2D eigenvalue weighted by Gasteiger charge is 2.36. The molecule has 2 aromatic rings. The zero-order valence-electron chi connectivity index (χ0n) is 13.6. The fourth-order valence-corrected chi connectivity index (χ4v) is 5.86. The normalized spacial score (nSPS) is 18.8. The highest BCUT2D eigenvalue weighted by Crippen LogP contribution is 2.35. The number of halogens is 1. The molecule has 3 rings (SSSR count). The Morgan fingerprint density at radius 2 is 2.00 bits per heavy atom. The van der Waals surface area contributed by atoms with E-state index in [4.69, 9.17) is 4.74 Å². The van der Waals surface area contributed by atoms with Crippen LogP contribution in [0.25, 0.3) is 0 Å². The first-order chi connectivity index (χ1) is 11.0. The van der Waals surface area contributed by atoms with E-state index in [1.807, 2.05) is 37.3 Å². The summed E-state index contributed by atoms with van der Waals surface area (Å²) in [7, 11) is -1.90. The Morgan fingerprint density at radius 1 is 1.25 bits per heavy atom. The first-order valence-electron chi connectivity index (χ1n) is 7.46. The number of piperazine rings is 1. The SMILES string of the molecule is COc1ccccc1C1CNCCN1S(=O)(=O)c1ccc(C)s1.Cl. The number of nitrogens with zero attached hydrogens (tertiary/aromatic N) is 1. The molecule has 1 atom stereocenters. The van der Waals surface area contributed by atoms with Crippen molar-refractivity contribution in [3.63, 3.8) is 0 Å². The van der Waals surface area contributed by atoms with Gasteiger partial charge in [-0.25, -0.2) is 8.42 Å². The largest absolute Gasteiger partial charge is 0.496 e. The number of rotatable bonds is 4. The molecule has 0 radical (unpaired) electrons. The van der Waals surface area contributed by atoms with Crippen LogP contribution in [0.4, 0.5) is 0 Å². The highest BCUT2D eigenvalue weighted by atomic mass is 35.5. The maximum Gasteiger partial charge on any atom is 0.253 e. The van der Waals surface area contributed by atoms with Gasteiger partial charge < -0.3 is 10.1 Å². The summed E-state index contributed by atoms with van der Waals surface area (Å²) in [5, 5.41) is 3.29. The molecule has 1 fully saturated rings. The summed E-state index contributed by atoms with van der Waals surface area (Å²) < 4.78 is 33.5. The van der Waals surface area contributed by atoms with Crippen LogP contribution in [0.15, 0.2) is 40.6 Å². The molecule has 2 heterocycles. The third-order valence-electron chi connectivity index (χ3n) is 3.97. The van der Waals surface area contributed by atoms with Crippen LogP contribution in [0.3, 0.4) is 0 Å². The number of aryl methyl sites for hydroxylation is 1. The van der Waals surface area contributed by atoms with Crippen LogP contribution in [-0.2, 0) is 10.0 Å². The second-order valence-corrected chi connectivity index (χ2v) is 8.85. The molecule has 1 unspecified atom stereocenters. The molecule has 0 saturated carbocycles. The number of thiophene rings is 1. The summed E-state index contributed by atoms with van der Waals surface area (Å²) in [6, 6.07) is 10.9. The van der Waals surface area contributed by atoms with Gasteiger partial charge in [0.1, 0.15) is 9.96 Å². The monoisotopic (exact) mass is 388 g/mol. The predicted octanol–water partition coefficient (Wildman–Crippen LogP) is 2.82. The van der Waals surface area contributed by atoms with Crippen molar-refractivity contribution in [3.8, 4) is 5.75 Å². The molecule has 1 saturated heterocycles. The lowest BCUT2D eigenvalue weighted by molar-refractivity contribution is 0.265. The van der Waals surface area contributed by atoms with Crippen LogP contribution in [-0.4, -0.2) is 39.5 Å². The number of sulfonamides is 1. The van der Waals surface area contributed by atoms with Gasteiger partial charge in [-0.1, -0.05) is 18.2 Å². The maximum atomic E-state index is 13.1. The molecule has 0 aliphatic carbocycles. The van der Waals surface area contributed by atoms with Gasteiger partial charge in [0, 0.05) is 30.1 Å². The molecule has 1 aromatic carbocycles. The fourth-order valence-electron chi connectivity index (χ4n) is 2.85. The molecule has 1 aliphatic rings. The van der Waals surface area contributed by atoms with E-state index in [2.05, 4.69) is 5.32 Å². The van der Waals surface area contributed by atoms with E-state index in [1.165, 1.54) is 11.3 Å². The van der Waals surface area contributed by atoms with Gasteiger partial charge in [0.2, 0.25) is 0 Å². The Kier molecular flexibility index (Phi) is 6.28. The standard InChI is InChI=1S/C16H20N2O3S2.ClH/c1-12-7-8-16(22-12)23(19,20)18-10-9-17-11-14(18)13-5-3-4-6-15(13)21-2;/h3-8,14,17H,9-11H2,1-2H3;1H. The van der Waals surface area contributed by atoms with Crippen molar-refractivity contribution >= 4 is 33.8 Å². The minimum absolute atomic E-state index is 0. The maximum absolute atomic E-state index is 13.1. The summed E-state index contributed by atoms with van der Waals surface area (Å²) in [5.41, 5.74) is 0.888. The molecular weight excluding hydrogens is 368 g/mol. The summed E-state index contributed by atoms with van der Waals surface area (Å²) in [4.78, 5) is 0.993. The Labute approximate surface area is 153 Å². The van der Waals surface area contributed by atoms with E-state index in [1.54, 1.807) is 17.5 Å². The number of para-hydroxylation sites is 1. The van der Waals surface area contributed by atoms with Gasteiger partial charge >= 0.3 is 0 Å². The van der Waals surface area contributed by atoms with Crippen molar-refractivity contribution in [2.45, 2.75) is 17.2 Å². The average molecular weight is 389 g/mol. The van der Waals surface area contributed by atoms with Crippen molar-refractivity contribution in [1.82, 2.24) is 9.62 Å². The van der Waals surface area contributed by atoms with E-state index in [0.29, 0.717) is 29.6 Å². The second-order valence-electron chi connectivity index (χ2n) is 5.44. The first-order valence-corrected chi connectivity index (χ1v) is 9.71. The second kappa shape index (κ2) is 7.84. The highest BCUT2D eigenvalue weighted by molar-refractivity contribution is 7.91. The minimum atomic E-state index is -3.51. The molecular formula is C16H21ClN2O3S2. The van der Waals surface area contributed by atoms with Crippen molar-refractivity contribution in [2.24, 2.45) is 0 Å². The predicted molar refractivity (Wildman–Crippen MR) is 98.8 cm³/mol. The number of nitrogens with one attached hydrogen (secondary N) is 1. The molecule has 0 amide bonds. The van der Waals surface area contributed by atoms with E-state index in [-0.39, 0.29) is 18.4 Å². The van der Waals surface area contributed by atoms with E-state index < -0.39 is 10.0 Å². The Morgan fingerprint density at radius 3 is 2.67 bits per heavy atom. The first kappa shape index (κ1) is 19.2.